The zero-order valence-electron chi connectivity index (χ0n) is 8.89. The van der Waals surface area contributed by atoms with Crippen LogP contribution in [0.15, 0.2) is 0 Å². The minimum absolute atomic E-state index is 0.417. The average molecular weight is 196 g/mol. The molecule has 2 spiro atoms. The van der Waals surface area contributed by atoms with Crippen LogP contribution in [0.5, 0.6) is 0 Å². The summed E-state index contributed by atoms with van der Waals surface area (Å²) in [6.45, 7) is 2.09. The standard InChI is InChI=1S/C7H12O.C5H8O/c1-2-4-7(3-1)5-6-8-7;1-2-5(3-1)4-6-5/h1-6H2;1-4H2. The Balaban J connectivity index is 0.0000000950. The molecule has 0 N–H and O–H groups in total. The van der Waals surface area contributed by atoms with E-state index in [-0.39, 0.29) is 0 Å². The summed E-state index contributed by atoms with van der Waals surface area (Å²) in [5.41, 5.74) is 0.889. The summed E-state index contributed by atoms with van der Waals surface area (Å²) in [7, 11) is 0. The second-order valence-corrected chi connectivity index (χ2v) is 5.31. The molecule has 0 aromatic heterocycles. The first kappa shape index (κ1) is 9.17. The summed E-state index contributed by atoms with van der Waals surface area (Å²) >= 11 is 0. The smallest absolute Gasteiger partial charge is 0.0916 e. The molecule has 4 rings (SSSR count). The Bertz CT molecular complexity index is 202. The Labute approximate surface area is 86.0 Å². The number of hydrogen-bond donors (Lipinski definition) is 0. The van der Waals surface area contributed by atoms with Gasteiger partial charge in [-0.05, 0) is 38.5 Å². The van der Waals surface area contributed by atoms with Gasteiger partial charge in [-0.1, -0.05) is 12.8 Å². The minimum Gasteiger partial charge on any atom is -0.375 e. The van der Waals surface area contributed by atoms with Crippen LogP contribution in [-0.2, 0) is 9.47 Å². The summed E-state index contributed by atoms with van der Waals surface area (Å²) in [5, 5.41) is 0. The molecule has 2 saturated carbocycles. The van der Waals surface area contributed by atoms with Crippen molar-refractivity contribution < 1.29 is 9.47 Å². The zero-order valence-corrected chi connectivity index (χ0v) is 8.89. The highest BCUT2D eigenvalue weighted by molar-refractivity contribution is 4.99. The first-order valence-corrected chi connectivity index (χ1v) is 6.11. The van der Waals surface area contributed by atoms with Crippen molar-refractivity contribution in [1.29, 1.82) is 0 Å². The van der Waals surface area contributed by atoms with Crippen LogP contribution in [0.2, 0.25) is 0 Å². The minimum atomic E-state index is 0.417. The van der Waals surface area contributed by atoms with Crippen LogP contribution >= 0.6 is 0 Å². The van der Waals surface area contributed by atoms with E-state index in [1.165, 1.54) is 51.4 Å². The van der Waals surface area contributed by atoms with Crippen molar-refractivity contribution in [2.75, 3.05) is 13.2 Å². The molecule has 2 heterocycles. The zero-order chi connectivity index (χ0) is 9.49. The Morgan fingerprint density at radius 2 is 1.21 bits per heavy atom. The summed E-state index contributed by atoms with van der Waals surface area (Å²) in [4.78, 5) is 0. The second-order valence-electron chi connectivity index (χ2n) is 5.31. The van der Waals surface area contributed by atoms with Crippen molar-refractivity contribution in [3.63, 3.8) is 0 Å². The van der Waals surface area contributed by atoms with Gasteiger partial charge in [-0.3, -0.25) is 0 Å². The van der Waals surface area contributed by atoms with Crippen LogP contribution in [0.1, 0.15) is 51.4 Å². The largest absolute Gasteiger partial charge is 0.375 e. The van der Waals surface area contributed by atoms with E-state index < -0.39 is 0 Å². The van der Waals surface area contributed by atoms with Gasteiger partial charge in [0, 0.05) is 0 Å². The Hall–Kier alpha value is -0.0800. The summed E-state index contributed by atoms with van der Waals surface area (Å²) in [6.07, 6.45) is 10.9. The van der Waals surface area contributed by atoms with Crippen LogP contribution in [0.3, 0.4) is 0 Å². The van der Waals surface area contributed by atoms with Crippen molar-refractivity contribution >= 4 is 0 Å². The van der Waals surface area contributed by atoms with Gasteiger partial charge in [-0.2, -0.15) is 0 Å². The third-order valence-electron chi connectivity index (χ3n) is 4.30. The molecular weight excluding hydrogens is 176 g/mol. The maximum absolute atomic E-state index is 5.48. The number of rotatable bonds is 0. The van der Waals surface area contributed by atoms with Gasteiger partial charge in [0.2, 0.25) is 0 Å². The molecule has 0 amide bonds. The fourth-order valence-corrected chi connectivity index (χ4v) is 2.77. The lowest BCUT2D eigenvalue weighted by Gasteiger charge is -2.38. The van der Waals surface area contributed by atoms with Crippen LogP contribution in [0.4, 0.5) is 0 Å². The summed E-state index contributed by atoms with van der Waals surface area (Å²) in [6, 6.07) is 0. The van der Waals surface area contributed by atoms with E-state index in [1.54, 1.807) is 0 Å². The van der Waals surface area contributed by atoms with E-state index >= 15 is 0 Å². The molecule has 0 atom stereocenters. The molecule has 14 heavy (non-hydrogen) atoms. The molecule has 0 aromatic rings. The molecular formula is C12H20O2. The lowest BCUT2D eigenvalue weighted by atomic mass is 9.86. The molecule has 80 valence electrons. The van der Waals surface area contributed by atoms with Crippen LogP contribution in [0.25, 0.3) is 0 Å². The van der Waals surface area contributed by atoms with Crippen molar-refractivity contribution in [3.05, 3.63) is 0 Å². The van der Waals surface area contributed by atoms with Gasteiger partial charge in [0.15, 0.2) is 0 Å². The van der Waals surface area contributed by atoms with Crippen LogP contribution < -0.4 is 0 Å². The predicted octanol–water partition coefficient (Wildman–Crippen LogP) is 2.66. The van der Waals surface area contributed by atoms with E-state index in [0.29, 0.717) is 11.2 Å². The first-order valence-electron chi connectivity index (χ1n) is 6.11. The quantitative estimate of drug-likeness (QED) is 0.556. The Kier molecular flexibility index (Phi) is 2.10. The molecule has 2 aliphatic heterocycles. The van der Waals surface area contributed by atoms with E-state index in [2.05, 4.69) is 0 Å². The summed E-state index contributed by atoms with van der Waals surface area (Å²) in [5.74, 6) is 0. The van der Waals surface area contributed by atoms with Crippen molar-refractivity contribution in [3.8, 4) is 0 Å². The lowest BCUT2D eigenvalue weighted by molar-refractivity contribution is -0.141. The molecule has 0 radical (unpaired) electrons. The normalized spacial score (nSPS) is 34.3. The monoisotopic (exact) mass is 196 g/mol. The molecule has 0 bridgehead atoms. The molecule has 4 aliphatic rings. The van der Waals surface area contributed by atoms with Gasteiger partial charge < -0.3 is 9.47 Å². The molecule has 2 heteroatoms. The van der Waals surface area contributed by atoms with E-state index in [4.69, 9.17) is 9.47 Å². The summed E-state index contributed by atoms with van der Waals surface area (Å²) < 4.78 is 10.6. The highest BCUT2D eigenvalue weighted by Crippen LogP contribution is 2.45. The predicted molar refractivity (Wildman–Crippen MR) is 54.3 cm³/mol. The van der Waals surface area contributed by atoms with Gasteiger partial charge in [-0.15, -0.1) is 0 Å². The van der Waals surface area contributed by atoms with E-state index in [9.17, 15) is 0 Å². The molecule has 2 saturated heterocycles. The SMILES string of the molecule is C1CC2(C1)CO2.C1CCC2(C1)CCO2. The van der Waals surface area contributed by atoms with Gasteiger partial charge >= 0.3 is 0 Å². The lowest BCUT2D eigenvalue weighted by Crippen LogP contribution is -2.40. The molecule has 2 aliphatic carbocycles. The van der Waals surface area contributed by atoms with E-state index in [0.717, 1.165) is 13.2 Å². The number of ether oxygens (including phenoxy) is 2. The Morgan fingerprint density at radius 1 is 0.643 bits per heavy atom. The molecule has 0 unspecified atom stereocenters. The molecule has 2 nitrogen and oxygen atoms in total. The van der Waals surface area contributed by atoms with Gasteiger partial charge in [0.05, 0.1) is 24.4 Å². The maximum atomic E-state index is 5.48. The average Bonchev–Trinajstić information content (AvgIpc) is 2.74. The number of epoxide rings is 1. The van der Waals surface area contributed by atoms with Crippen molar-refractivity contribution in [2.24, 2.45) is 0 Å². The highest BCUT2D eigenvalue weighted by atomic mass is 16.6. The first-order chi connectivity index (χ1) is 6.83. The number of hydrogen-bond acceptors (Lipinski definition) is 2. The van der Waals surface area contributed by atoms with Crippen molar-refractivity contribution in [1.82, 2.24) is 0 Å². The van der Waals surface area contributed by atoms with Gasteiger partial charge in [0.25, 0.3) is 0 Å². The van der Waals surface area contributed by atoms with Crippen LogP contribution in [0, 0.1) is 0 Å². The van der Waals surface area contributed by atoms with Crippen LogP contribution in [-0.4, -0.2) is 24.4 Å². The Morgan fingerprint density at radius 3 is 1.36 bits per heavy atom. The third kappa shape index (κ3) is 1.59. The fourth-order valence-electron chi connectivity index (χ4n) is 2.77. The molecule has 4 fully saturated rings. The highest BCUT2D eigenvalue weighted by Gasteiger charge is 2.49. The third-order valence-corrected chi connectivity index (χ3v) is 4.30. The van der Waals surface area contributed by atoms with Gasteiger partial charge in [-0.25, -0.2) is 0 Å². The van der Waals surface area contributed by atoms with Gasteiger partial charge in [0.1, 0.15) is 0 Å². The molecule has 0 aromatic carbocycles. The van der Waals surface area contributed by atoms with E-state index in [1.807, 2.05) is 0 Å². The fraction of sp³-hybridized carbons (Fsp3) is 1.00. The van der Waals surface area contributed by atoms with Crippen molar-refractivity contribution in [2.45, 2.75) is 62.6 Å². The topological polar surface area (TPSA) is 21.8 Å². The second kappa shape index (κ2) is 3.21. The maximum Gasteiger partial charge on any atom is 0.0916 e.